The van der Waals surface area contributed by atoms with Crippen molar-refractivity contribution in [3.8, 4) is 5.75 Å². The quantitative estimate of drug-likeness (QED) is 0.507. The van der Waals surface area contributed by atoms with Gasteiger partial charge in [0.1, 0.15) is 5.75 Å². The smallest absolute Gasteiger partial charge is 0.122 e. The van der Waals surface area contributed by atoms with Crippen molar-refractivity contribution in [2.75, 3.05) is 18.1 Å². The lowest BCUT2D eigenvalue weighted by atomic mass is 10.1. The highest BCUT2D eigenvalue weighted by atomic mass is 32.2. The van der Waals surface area contributed by atoms with E-state index >= 15 is 0 Å². The zero-order chi connectivity index (χ0) is 13.7. The summed E-state index contributed by atoms with van der Waals surface area (Å²) >= 11 is 1.76. The average molecular weight is 273 g/mol. The highest BCUT2D eigenvalue weighted by Gasteiger charge is 2.00. The molecule has 0 bridgehead atoms. The van der Waals surface area contributed by atoms with Gasteiger partial charge in [0.05, 0.1) is 6.61 Å². The lowest BCUT2D eigenvalue weighted by molar-refractivity contribution is 0.341. The zero-order valence-corrected chi connectivity index (χ0v) is 12.2. The molecule has 0 spiro atoms. The number of benzene rings is 2. The third kappa shape index (κ3) is 4.21. The number of ether oxygens (including phenoxy) is 1. The molecule has 0 atom stereocenters. The largest absolute Gasteiger partial charge is 0.492 e. The molecule has 0 aliphatic rings. The summed E-state index contributed by atoms with van der Waals surface area (Å²) in [5.74, 6) is 1.89. The summed E-state index contributed by atoms with van der Waals surface area (Å²) in [5, 5.41) is 0. The lowest BCUT2D eigenvalue weighted by Crippen LogP contribution is -2.01. The fraction of sp³-hybridized carbons (Fsp3) is 0.250. The van der Waals surface area contributed by atoms with Crippen molar-refractivity contribution >= 4 is 17.4 Å². The number of rotatable bonds is 5. The first-order valence-corrected chi connectivity index (χ1v) is 7.32. The van der Waals surface area contributed by atoms with E-state index in [4.69, 9.17) is 10.5 Å². The van der Waals surface area contributed by atoms with Crippen LogP contribution in [0.2, 0.25) is 0 Å². The molecule has 2 nitrogen and oxygen atoms in total. The van der Waals surface area contributed by atoms with E-state index in [2.05, 4.69) is 38.1 Å². The van der Waals surface area contributed by atoms with Gasteiger partial charge in [-0.05, 0) is 49.2 Å². The van der Waals surface area contributed by atoms with E-state index in [9.17, 15) is 0 Å². The Labute approximate surface area is 119 Å². The molecule has 0 radical (unpaired) electrons. The van der Waals surface area contributed by atoms with Gasteiger partial charge in [0, 0.05) is 16.3 Å². The highest BCUT2D eigenvalue weighted by Crippen LogP contribution is 2.22. The SMILES string of the molecule is Cc1ccc(C)c(OCCSc2cccc(N)c2)c1. The molecule has 0 aliphatic carbocycles. The normalized spacial score (nSPS) is 10.4. The van der Waals surface area contributed by atoms with Gasteiger partial charge in [-0.25, -0.2) is 0 Å². The number of nitrogen functional groups attached to an aromatic ring is 1. The number of aryl methyl sites for hydroxylation is 2. The summed E-state index contributed by atoms with van der Waals surface area (Å²) < 4.78 is 5.82. The fourth-order valence-corrected chi connectivity index (χ4v) is 2.57. The van der Waals surface area contributed by atoms with Gasteiger partial charge in [-0.2, -0.15) is 0 Å². The number of thioether (sulfide) groups is 1. The van der Waals surface area contributed by atoms with Crippen LogP contribution in [-0.4, -0.2) is 12.4 Å². The van der Waals surface area contributed by atoms with Crippen LogP contribution >= 0.6 is 11.8 Å². The minimum atomic E-state index is 0.698. The molecule has 0 saturated carbocycles. The van der Waals surface area contributed by atoms with E-state index in [-0.39, 0.29) is 0 Å². The minimum Gasteiger partial charge on any atom is -0.492 e. The average Bonchev–Trinajstić information content (AvgIpc) is 2.39. The fourth-order valence-electron chi connectivity index (χ4n) is 1.78. The topological polar surface area (TPSA) is 35.2 Å². The van der Waals surface area contributed by atoms with Crippen LogP contribution < -0.4 is 10.5 Å². The van der Waals surface area contributed by atoms with Crippen molar-refractivity contribution in [1.82, 2.24) is 0 Å². The second-order valence-electron chi connectivity index (χ2n) is 4.54. The van der Waals surface area contributed by atoms with Gasteiger partial charge in [-0.15, -0.1) is 11.8 Å². The first kappa shape index (κ1) is 13.8. The van der Waals surface area contributed by atoms with Crippen molar-refractivity contribution in [3.05, 3.63) is 53.6 Å². The molecule has 0 aliphatic heterocycles. The Hall–Kier alpha value is -1.61. The zero-order valence-electron chi connectivity index (χ0n) is 11.3. The Morgan fingerprint density at radius 2 is 1.95 bits per heavy atom. The maximum Gasteiger partial charge on any atom is 0.122 e. The summed E-state index contributed by atoms with van der Waals surface area (Å²) in [5.41, 5.74) is 8.96. The van der Waals surface area contributed by atoms with Gasteiger partial charge in [-0.3, -0.25) is 0 Å². The second-order valence-corrected chi connectivity index (χ2v) is 5.71. The summed E-state index contributed by atoms with van der Waals surface area (Å²) in [6.45, 7) is 4.84. The Balaban J connectivity index is 1.82. The minimum absolute atomic E-state index is 0.698. The van der Waals surface area contributed by atoms with Gasteiger partial charge in [0.15, 0.2) is 0 Å². The molecular weight excluding hydrogens is 254 g/mol. The molecule has 19 heavy (non-hydrogen) atoms. The predicted molar refractivity (Wildman–Crippen MR) is 83.0 cm³/mol. The monoisotopic (exact) mass is 273 g/mol. The van der Waals surface area contributed by atoms with Crippen molar-refractivity contribution in [1.29, 1.82) is 0 Å². The molecule has 2 aromatic rings. The molecule has 2 rings (SSSR count). The molecule has 0 aromatic heterocycles. The molecule has 2 aromatic carbocycles. The summed E-state index contributed by atoms with van der Waals surface area (Å²) in [4.78, 5) is 1.18. The van der Waals surface area contributed by atoms with Crippen LogP contribution in [0.4, 0.5) is 5.69 Å². The molecule has 0 fully saturated rings. The van der Waals surface area contributed by atoms with E-state index in [1.165, 1.54) is 16.0 Å². The van der Waals surface area contributed by atoms with Crippen LogP contribution in [0.5, 0.6) is 5.75 Å². The van der Waals surface area contributed by atoms with Crippen LogP contribution in [0.25, 0.3) is 0 Å². The summed E-state index contributed by atoms with van der Waals surface area (Å²) in [6.07, 6.45) is 0. The van der Waals surface area contributed by atoms with E-state index in [0.717, 1.165) is 17.2 Å². The van der Waals surface area contributed by atoms with E-state index in [0.29, 0.717) is 6.61 Å². The maximum absolute atomic E-state index is 5.82. The van der Waals surface area contributed by atoms with E-state index < -0.39 is 0 Å². The van der Waals surface area contributed by atoms with Crippen LogP contribution in [0, 0.1) is 13.8 Å². The Kier molecular flexibility index (Phi) is 4.74. The molecule has 0 amide bonds. The standard InChI is InChI=1S/C16H19NOS/c1-12-6-7-13(2)16(10-12)18-8-9-19-15-5-3-4-14(17)11-15/h3-7,10-11H,8-9,17H2,1-2H3. The van der Waals surface area contributed by atoms with Crippen molar-refractivity contribution in [2.45, 2.75) is 18.7 Å². The van der Waals surface area contributed by atoms with Crippen molar-refractivity contribution in [2.24, 2.45) is 0 Å². The van der Waals surface area contributed by atoms with E-state index in [1.54, 1.807) is 11.8 Å². The van der Waals surface area contributed by atoms with E-state index in [1.807, 2.05) is 18.2 Å². The van der Waals surface area contributed by atoms with Crippen molar-refractivity contribution in [3.63, 3.8) is 0 Å². The number of anilines is 1. The van der Waals surface area contributed by atoms with Crippen molar-refractivity contribution < 1.29 is 4.74 Å². The molecule has 0 heterocycles. The first-order chi connectivity index (χ1) is 9.15. The summed E-state index contributed by atoms with van der Waals surface area (Å²) in [7, 11) is 0. The second kappa shape index (κ2) is 6.53. The van der Waals surface area contributed by atoms with Gasteiger partial charge in [0.2, 0.25) is 0 Å². The van der Waals surface area contributed by atoms with Gasteiger partial charge < -0.3 is 10.5 Å². The number of hydrogen-bond donors (Lipinski definition) is 1. The molecule has 0 unspecified atom stereocenters. The van der Waals surface area contributed by atoms with Crippen LogP contribution in [0.15, 0.2) is 47.4 Å². The molecule has 3 heteroatoms. The molecular formula is C16H19NOS. The third-order valence-electron chi connectivity index (χ3n) is 2.81. The molecule has 100 valence electrons. The van der Waals surface area contributed by atoms with Crippen LogP contribution in [0.1, 0.15) is 11.1 Å². The highest BCUT2D eigenvalue weighted by molar-refractivity contribution is 7.99. The van der Waals surface area contributed by atoms with Gasteiger partial charge >= 0.3 is 0 Å². The van der Waals surface area contributed by atoms with Gasteiger partial charge in [0.25, 0.3) is 0 Å². The lowest BCUT2D eigenvalue weighted by Gasteiger charge is -2.10. The Morgan fingerprint density at radius 1 is 1.11 bits per heavy atom. The van der Waals surface area contributed by atoms with Crippen LogP contribution in [0.3, 0.4) is 0 Å². The van der Waals surface area contributed by atoms with Gasteiger partial charge in [-0.1, -0.05) is 18.2 Å². The third-order valence-corrected chi connectivity index (χ3v) is 3.77. The predicted octanol–water partition coefficient (Wildman–Crippen LogP) is 4.06. The Bertz CT molecular complexity index is 554. The Morgan fingerprint density at radius 3 is 2.74 bits per heavy atom. The maximum atomic E-state index is 5.82. The summed E-state index contributed by atoms with van der Waals surface area (Å²) in [6, 6.07) is 14.2. The van der Waals surface area contributed by atoms with Crippen LogP contribution in [-0.2, 0) is 0 Å². The number of nitrogens with two attached hydrogens (primary N) is 1. The molecule has 2 N–H and O–H groups in total. The number of hydrogen-bond acceptors (Lipinski definition) is 3. The first-order valence-electron chi connectivity index (χ1n) is 6.33. The molecule has 0 saturated heterocycles.